The largest absolute Gasteiger partial charge is 0.416 e. The van der Waals surface area contributed by atoms with E-state index in [1.807, 2.05) is 0 Å². The summed E-state index contributed by atoms with van der Waals surface area (Å²) in [7, 11) is 0. The molecule has 0 saturated heterocycles. The minimum atomic E-state index is -4.54. The average molecular weight is 459 g/mol. The van der Waals surface area contributed by atoms with Gasteiger partial charge in [0.25, 0.3) is 11.8 Å². The molecule has 0 aromatic carbocycles. The second kappa shape index (κ2) is 10.5. The van der Waals surface area contributed by atoms with Crippen molar-refractivity contribution in [2.75, 3.05) is 6.54 Å². The lowest BCUT2D eigenvalue weighted by atomic mass is 10.2. The van der Waals surface area contributed by atoms with E-state index in [0.29, 0.717) is 0 Å². The standard InChI is InChI=1S/C17H21F4N9O2/c18-11(2-4-30-9-14(15(23)31)27-28-30)7-29(24)8-13(22)16(32)26-6-12-5-10(1-3-25-12)17(19,20)21/h1,3,5,8-9,11H,2,4,6-7,22,24H2,(H2,23,31)(H,26,32)/b13-8-. The fraction of sp³-hybridized carbons (Fsp3) is 0.353. The molecular weight excluding hydrogens is 438 g/mol. The molecule has 1 unspecified atom stereocenters. The van der Waals surface area contributed by atoms with Gasteiger partial charge in [0.15, 0.2) is 5.69 Å². The molecule has 2 heterocycles. The van der Waals surface area contributed by atoms with Crippen molar-refractivity contribution in [1.29, 1.82) is 0 Å². The van der Waals surface area contributed by atoms with Gasteiger partial charge in [0.05, 0.1) is 30.5 Å². The molecule has 7 N–H and O–H groups in total. The zero-order chi connectivity index (χ0) is 23.9. The highest BCUT2D eigenvalue weighted by atomic mass is 19.4. The lowest BCUT2D eigenvalue weighted by Crippen LogP contribution is -2.36. The summed E-state index contributed by atoms with van der Waals surface area (Å²) >= 11 is 0. The van der Waals surface area contributed by atoms with Gasteiger partial charge in [0, 0.05) is 25.4 Å². The molecule has 0 spiro atoms. The summed E-state index contributed by atoms with van der Waals surface area (Å²) in [6, 6.07) is 1.60. The van der Waals surface area contributed by atoms with E-state index in [2.05, 4.69) is 20.6 Å². The van der Waals surface area contributed by atoms with Crippen LogP contribution in [0.3, 0.4) is 0 Å². The van der Waals surface area contributed by atoms with Crippen molar-refractivity contribution in [1.82, 2.24) is 30.3 Å². The quantitative estimate of drug-likeness (QED) is 0.164. The molecule has 0 fully saturated rings. The zero-order valence-electron chi connectivity index (χ0n) is 16.6. The highest BCUT2D eigenvalue weighted by molar-refractivity contribution is 5.92. The van der Waals surface area contributed by atoms with Crippen molar-refractivity contribution in [2.24, 2.45) is 17.3 Å². The number of hydrogen-bond acceptors (Lipinski definition) is 8. The van der Waals surface area contributed by atoms with Crippen molar-refractivity contribution in [3.8, 4) is 0 Å². The summed E-state index contributed by atoms with van der Waals surface area (Å²) in [6.07, 6.45) is -2.78. The molecule has 0 aliphatic rings. The van der Waals surface area contributed by atoms with Crippen LogP contribution in [0.15, 0.2) is 36.4 Å². The predicted octanol–water partition coefficient (Wildman–Crippen LogP) is -0.189. The van der Waals surface area contributed by atoms with E-state index >= 15 is 0 Å². The first-order valence-electron chi connectivity index (χ1n) is 9.08. The topological polar surface area (TPSA) is 171 Å². The molecule has 0 saturated carbocycles. The molecule has 2 amide bonds. The van der Waals surface area contributed by atoms with Gasteiger partial charge in [0.2, 0.25) is 0 Å². The van der Waals surface area contributed by atoms with Crippen LogP contribution in [0.5, 0.6) is 0 Å². The number of hydrazine groups is 1. The number of aryl methyl sites for hydroxylation is 1. The highest BCUT2D eigenvalue weighted by Gasteiger charge is 2.30. The third kappa shape index (κ3) is 7.50. The van der Waals surface area contributed by atoms with Crippen molar-refractivity contribution in [3.05, 3.63) is 53.4 Å². The second-order valence-corrected chi connectivity index (χ2v) is 6.61. The van der Waals surface area contributed by atoms with Crippen LogP contribution in [-0.4, -0.2) is 49.5 Å². The van der Waals surface area contributed by atoms with Gasteiger partial charge in [-0.2, -0.15) is 13.2 Å². The lowest BCUT2D eigenvalue weighted by Gasteiger charge is -2.17. The zero-order valence-corrected chi connectivity index (χ0v) is 16.6. The number of nitrogens with two attached hydrogens (primary N) is 3. The molecule has 2 aromatic rings. The smallest absolute Gasteiger partial charge is 0.393 e. The summed E-state index contributed by atoms with van der Waals surface area (Å²) in [5.41, 5.74) is 9.28. The van der Waals surface area contributed by atoms with E-state index < -0.39 is 29.7 Å². The van der Waals surface area contributed by atoms with Crippen LogP contribution >= 0.6 is 0 Å². The van der Waals surface area contributed by atoms with E-state index in [4.69, 9.17) is 17.3 Å². The predicted molar refractivity (Wildman–Crippen MR) is 102 cm³/mol. The van der Waals surface area contributed by atoms with Crippen LogP contribution in [0.2, 0.25) is 0 Å². The summed E-state index contributed by atoms with van der Waals surface area (Å²) in [6.45, 7) is -0.529. The SMILES string of the molecule is NC(=O)c1cn(CCC(F)CN(N)/C=C(\N)C(=O)NCc2cc(C(F)(F)F)ccn2)nn1. The number of nitrogens with one attached hydrogen (secondary N) is 1. The Balaban J connectivity index is 1.81. The van der Waals surface area contributed by atoms with Crippen LogP contribution in [0, 0.1) is 0 Å². The highest BCUT2D eigenvalue weighted by Crippen LogP contribution is 2.28. The molecule has 174 valence electrons. The van der Waals surface area contributed by atoms with Crippen LogP contribution in [0.1, 0.15) is 28.2 Å². The number of aromatic nitrogens is 4. The second-order valence-electron chi connectivity index (χ2n) is 6.61. The number of hydrogen-bond donors (Lipinski definition) is 4. The minimum Gasteiger partial charge on any atom is -0.393 e. The Bertz CT molecular complexity index is 977. The van der Waals surface area contributed by atoms with E-state index in [9.17, 15) is 27.2 Å². The summed E-state index contributed by atoms with van der Waals surface area (Å²) in [5, 5.41) is 10.3. The Labute approximate surface area is 179 Å². The van der Waals surface area contributed by atoms with Crippen LogP contribution in [0.4, 0.5) is 17.6 Å². The Kier molecular flexibility index (Phi) is 8.06. The summed E-state index contributed by atoms with van der Waals surface area (Å²) in [4.78, 5) is 26.7. The number of nitrogens with zero attached hydrogens (tertiary/aromatic N) is 5. The Hall–Kier alpha value is -3.75. The molecule has 11 nitrogen and oxygen atoms in total. The van der Waals surface area contributed by atoms with Gasteiger partial charge in [-0.15, -0.1) is 5.10 Å². The van der Waals surface area contributed by atoms with Gasteiger partial charge >= 0.3 is 6.18 Å². The number of rotatable bonds is 10. The molecular formula is C17H21F4N9O2. The third-order valence-corrected chi connectivity index (χ3v) is 4.01. The van der Waals surface area contributed by atoms with E-state index in [1.165, 1.54) is 10.9 Å². The number of pyridine rings is 1. The maximum atomic E-state index is 14.1. The number of halogens is 4. The van der Waals surface area contributed by atoms with E-state index in [-0.39, 0.29) is 43.1 Å². The molecule has 0 aliphatic carbocycles. The molecule has 0 bridgehead atoms. The van der Waals surface area contributed by atoms with Gasteiger partial charge < -0.3 is 21.8 Å². The van der Waals surface area contributed by atoms with Gasteiger partial charge in [0.1, 0.15) is 11.9 Å². The van der Waals surface area contributed by atoms with Crippen molar-refractivity contribution >= 4 is 11.8 Å². The average Bonchev–Trinajstić information content (AvgIpc) is 3.19. The summed E-state index contributed by atoms with van der Waals surface area (Å²) in [5.74, 6) is 4.04. The first-order chi connectivity index (χ1) is 15.0. The van der Waals surface area contributed by atoms with Gasteiger partial charge in [-0.05, 0) is 12.1 Å². The van der Waals surface area contributed by atoms with Crippen molar-refractivity contribution < 1.29 is 27.2 Å². The van der Waals surface area contributed by atoms with E-state index in [0.717, 1.165) is 29.5 Å². The Morgan fingerprint density at radius 1 is 1.31 bits per heavy atom. The normalized spacial score (nSPS) is 13.0. The van der Waals surface area contributed by atoms with Gasteiger partial charge in [-0.25, -0.2) is 10.2 Å². The fourth-order valence-corrected chi connectivity index (χ4v) is 2.43. The Morgan fingerprint density at radius 3 is 2.66 bits per heavy atom. The van der Waals surface area contributed by atoms with Crippen LogP contribution in [-0.2, 0) is 24.1 Å². The molecule has 2 aromatic heterocycles. The molecule has 15 heteroatoms. The van der Waals surface area contributed by atoms with Crippen LogP contribution in [0.25, 0.3) is 0 Å². The molecule has 2 rings (SSSR count). The van der Waals surface area contributed by atoms with Gasteiger partial charge in [-0.1, -0.05) is 5.21 Å². The molecule has 0 aliphatic heterocycles. The first-order valence-corrected chi connectivity index (χ1v) is 9.08. The number of primary amides is 1. The first kappa shape index (κ1) is 24.5. The number of amides is 2. The fourth-order valence-electron chi connectivity index (χ4n) is 2.43. The number of carbonyl (C=O) groups excluding carboxylic acids is 2. The molecule has 1 atom stereocenters. The molecule has 0 radical (unpaired) electrons. The minimum absolute atomic E-state index is 0.0259. The lowest BCUT2D eigenvalue weighted by molar-refractivity contribution is -0.137. The third-order valence-electron chi connectivity index (χ3n) is 4.01. The van der Waals surface area contributed by atoms with Gasteiger partial charge in [-0.3, -0.25) is 19.3 Å². The molecule has 32 heavy (non-hydrogen) atoms. The Morgan fingerprint density at radius 2 is 2.03 bits per heavy atom. The number of carbonyl (C=O) groups is 2. The van der Waals surface area contributed by atoms with Crippen LogP contribution < -0.4 is 22.6 Å². The maximum absolute atomic E-state index is 14.1. The summed E-state index contributed by atoms with van der Waals surface area (Å²) < 4.78 is 53.5. The monoisotopic (exact) mass is 459 g/mol. The number of alkyl halides is 4. The van der Waals surface area contributed by atoms with E-state index in [1.54, 1.807) is 0 Å². The maximum Gasteiger partial charge on any atom is 0.416 e. The van der Waals surface area contributed by atoms with Crippen molar-refractivity contribution in [2.45, 2.75) is 31.9 Å². The van der Waals surface area contributed by atoms with Crippen molar-refractivity contribution in [3.63, 3.8) is 0 Å².